The van der Waals surface area contributed by atoms with Crippen molar-refractivity contribution >= 4 is 37.2 Å². The third kappa shape index (κ3) is 8.90. The van der Waals surface area contributed by atoms with Gasteiger partial charge in [0.05, 0.1) is 13.2 Å². The molecular formula is C13H27Cl2N2O8P. The molecule has 1 aliphatic heterocycles. The molecule has 13 heteroatoms. The van der Waals surface area contributed by atoms with Crippen LogP contribution in [0.3, 0.4) is 0 Å². The molecule has 0 aliphatic carbocycles. The van der Waals surface area contributed by atoms with E-state index in [2.05, 4.69) is 5.09 Å². The van der Waals surface area contributed by atoms with Gasteiger partial charge in [-0.1, -0.05) is 0 Å². The number of alkyl halides is 2. The smallest absolute Gasteiger partial charge is 0.343 e. The molecule has 0 aromatic rings. The Hall–Kier alpha value is 0.160. The van der Waals surface area contributed by atoms with Gasteiger partial charge >= 0.3 is 7.67 Å². The fraction of sp³-hybridized carbons (Fsp3) is 0.923. The summed E-state index contributed by atoms with van der Waals surface area (Å²) >= 11 is 11.1. The Morgan fingerprint density at radius 1 is 1.19 bits per heavy atom. The van der Waals surface area contributed by atoms with Crippen molar-refractivity contribution in [3.8, 4) is 0 Å². The molecule has 0 aromatic heterocycles. The van der Waals surface area contributed by atoms with Crippen molar-refractivity contribution in [3.63, 3.8) is 0 Å². The van der Waals surface area contributed by atoms with Crippen molar-refractivity contribution in [3.05, 3.63) is 0 Å². The lowest BCUT2D eigenvalue weighted by atomic mass is 10.0. The van der Waals surface area contributed by atoms with Gasteiger partial charge in [-0.15, -0.1) is 23.2 Å². The second kappa shape index (κ2) is 14.2. The average Bonchev–Trinajstić information content (AvgIpc) is 2.66. The Morgan fingerprint density at radius 2 is 1.85 bits per heavy atom. The van der Waals surface area contributed by atoms with E-state index in [1.165, 1.54) is 0 Å². The number of rotatable bonds is 10. The number of nitrogens with one attached hydrogen (secondary N) is 1. The molecule has 1 rings (SSSR count). The number of carbonyl (C=O) groups excluding carboxylic acids is 1. The summed E-state index contributed by atoms with van der Waals surface area (Å²) in [7, 11) is -2.84. The SMILES string of the molecule is O=C[C@H](O)[C@@H](O)[C@H](O)[C@H](O)CO.O=P1(NCCCl)OCCCN1CCCl. The van der Waals surface area contributed by atoms with E-state index < -0.39 is 38.7 Å². The third-order valence-electron chi connectivity index (χ3n) is 3.37. The molecule has 10 nitrogen and oxygen atoms in total. The number of halogens is 2. The Balaban J connectivity index is 0.000000488. The van der Waals surface area contributed by atoms with Gasteiger partial charge in [0, 0.05) is 31.4 Å². The summed E-state index contributed by atoms with van der Waals surface area (Å²) in [5.41, 5.74) is 0. The summed E-state index contributed by atoms with van der Waals surface area (Å²) in [5.74, 6) is 0.873. The first-order chi connectivity index (χ1) is 12.3. The zero-order valence-electron chi connectivity index (χ0n) is 14.2. The molecule has 1 fully saturated rings. The Kier molecular flexibility index (Phi) is 14.3. The van der Waals surface area contributed by atoms with Crippen LogP contribution in [0.5, 0.6) is 0 Å². The van der Waals surface area contributed by atoms with Crippen molar-refractivity contribution in [2.75, 3.05) is 44.6 Å². The van der Waals surface area contributed by atoms with Crippen LogP contribution in [0.1, 0.15) is 6.42 Å². The first kappa shape index (κ1) is 26.2. The molecule has 1 heterocycles. The summed E-state index contributed by atoms with van der Waals surface area (Å²) in [4.78, 5) is 9.90. The van der Waals surface area contributed by atoms with Crippen LogP contribution in [-0.4, -0.2) is 106 Å². The standard InChI is InChI=1S/C7H15Cl2N2O2P.C6H12O6/c8-2-4-10-14(12)11(6-3-9)5-1-7-13-14;7-1-3(9)5(11)6(12)4(10)2-8/h1-7H2,(H,10,12);1,3-6,8-12H,2H2/t;3-,4+,5+,6+/m.0/s1. The van der Waals surface area contributed by atoms with E-state index in [9.17, 15) is 9.36 Å². The molecule has 0 saturated carbocycles. The fourth-order valence-electron chi connectivity index (χ4n) is 1.94. The van der Waals surface area contributed by atoms with Gasteiger partial charge < -0.3 is 34.9 Å². The molecule has 0 amide bonds. The Labute approximate surface area is 162 Å². The highest BCUT2D eigenvalue weighted by Crippen LogP contribution is 2.48. The first-order valence-electron chi connectivity index (χ1n) is 7.92. The number of nitrogens with zero attached hydrogens (tertiary/aromatic N) is 1. The summed E-state index contributed by atoms with van der Waals surface area (Å²) in [6.07, 6.45) is -5.95. The van der Waals surface area contributed by atoms with Gasteiger partial charge in [0.25, 0.3) is 0 Å². The lowest BCUT2D eigenvalue weighted by molar-refractivity contribution is -0.136. The minimum Gasteiger partial charge on any atom is -0.394 e. The van der Waals surface area contributed by atoms with Gasteiger partial charge in [-0.25, -0.2) is 9.76 Å². The molecule has 5 atom stereocenters. The zero-order valence-corrected chi connectivity index (χ0v) is 16.6. The van der Waals surface area contributed by atoms with Crippen LogP contribution in [0.4, 0.5) is 0 Å². The van der Waals surface area contributed by atoms with Crippen LogP contribution in [-0.2, 0) is 13.9 Å². The van der Waals surface area contributed by atoms with Gasteiger partial charge in [0.15, 0.2) is 6.29 Å². The number of aliphatic hydroxyl groups is 5. The molecule has 1 unspecified atom stereocenters. The first-order valence-corrected chi connectivity index (χ1v) is 10.6. The number of aliphatic hydroxyl groups excluding tert-OH is 5. The topological polar surface area (TPSA) is 160 Å². The highest BCUT2D eigenvalue weighted by atomic mass is 35.5. The summed E-state index contributed by atoms with van der Waals surface area (Å²) in [6.45, 7) is 1.60. The van der Waals surface area contributed by atoms with E-state index in [1.54, 1.807) is 4.67 Å². The van der Waals surface area contributed by atoms with E-state index in [1.807, 2.05) is 0 Å². The van der Waals surface area contributed by atoms with Crippen LogP contribution in [0.15, 0.2) is 0 Å². The maximum absolute atomic E-state index is 12.2. The lowest BCUT2D eigenvalue weighted by Gasteiger charge is -2.34. The predicted octanol–water partition coefficient (Wildman–Crippen LogP) is -1.49. The average molecular weight is 441 g/mol. The van der Waals surface area contributed by atoms with Crippen LogP contribution in [0.2, 0.25) is 0 Å². The number of aldehydes is 1. The highest BCUT2D eigenvalue weighted by Gasteiger charge is 2.33. The second-order valence-corrected chi connectivity index (χ2v) is 8.24. The van der Waals surface area contributed by atoms with Gasteiger partial charge in [-0.2, -0.15) is 0 Å². The van der Waals surface area contributed by atoms with Gasteiger partial charge in [0.2, 0.25) is 0 Å². The maximum Gasteiger partial charge on any atom is 0.343 e. The molecule has 0 spiro atoms. The Morgan fingerprint density at radius 3 is 2.35 bits per heavy atom. The summed E-state index contributed by atoms with van der Waals surface area (Å²) in [5, 5.41) is 46.4. The molecule has 0 radical (unpaired) electrons. The summed E-state index contributed by atoms with van der Waals surface area (Å²) < 4.78 is 19.2. The molecule has 0 aromatic carbocycles. The van der Waals surface area contributed by atoms with Crippen molar-refractivity contribution < 1.29 is 39.4 Å². The monoisotopic (exact) mass is 440 g/mol. The zero-order chi connectivity index (χ0) is 20.2. The normalized spacial score (nSPS) is 25.5. The molecule has 6 N–H and O–H groups in total. The number of hydrogen-bond donors (Lipinski definition) is 6. The van der Waals surface area contributed by atoms with E-state index in [4.69, 9.17) is 53.3 Å². The van der Waals surface area contributed by atoms with Crippen molar-refractivity contribution in [1.82, 2.24) is 9.76 Å². The van der Waals surface area contributed by atoms with Gasteiger partial charge in [-0.05, 0) is 6.42 Å². The largest absolute Gasteiger partial charge is 0.394 e. The molecule has 156 valence electrons. The van der Waals surface area contributed by atoms with Gasteiger partial charge in [0.1, 0.15) is 24.4 Å². The molecule has 0 bridgehead atoms. The summed E-state index contributed by atoms with van der Waals surface area (Å²) in [6, 6.07) is 0. The molecule has 1 aliphatic rings. The quantitative estimate of drug-likeness (QED) is 0.134. The Bertz CT molecular complexity index is 435. The molecule has 1 saturated heterocycles. The van der Waals surface area contributed by atoms with Crippen LogP contribution in [0, 0.1) is 0 Å². The number of hydrogen-bond acceptors (Lipinski definition) is 8. The predicted molar refractivity (Wildman–Crippen MR) is 96.4 cm³/mol. The van der Waals surface area contributed by atoms with Crippen LogP contribution < -0.4 is 5.09 Å². The molecule has 26 heavy (non-hydrogen) atoms. The van der Waals surface area contributed by atoms with Crippen LogP contribution >= 0.6 is 30.9 Å². The van der Waals surface area contributed by atoms with Crippen molar-refractivity contribution in [2.24, 2.45) is 0 Å². The van der Waals surface area contributed by atoms with Crippen LogP contribution in [0.25, 0.3) is 0 Å². The third-order valence-corrected chi connectivity index (χ3v) is 6.03. The maximum atomic E-state index is 12.2. The molecular weight excluding hydrogens is 414 g/mol. The lowest BCUT2D eigenvalue weighted by Crippen LogP contribution is -2.46. The van der Waals surface area contributed by atoms with E-state index in [-0.39, 0.29) is 6.29 Å². The van der Waals surface area contributed by atoms with Crippen molar-refractivity contribution in [1.29, 1.82) is 0 Å². The number of carbonyl (C=O) groups is 1. The minimum absolute atomic E-state index is 0.0258. The highest BCUT2D eigenvalue weighted by molar-refractivity contribution is 7.54. The van der Waals surface area contributed by atoms with E-state index in [0.717, 1.165) is 13.0 Å². The van der Waals surface area contributed by atoms with Gasteiger partial charge in [-0.3, -0.25) is 4.57 Å². The fourth-order valence-corrected chi connectivity index (χ4v) is 4.48. The van der Waals surface area contributed by atoms with Crippen molar-refractivity contribution in [2.45, 2.75) is 30.8 Å². The van der Waals surface area contributed by atoms with E-state index in [0.29, 0.717) is 31.5 Å². The van der Waals surface area contributed by atoms with E-state index >= 15 is 0 Å². The second-order valence-electron chi connectivity index (χ2n) is 5.30. The minimum atomic E-state index is -2.84.